The lowest BCUT2D eigenvalue weighted by atomic mass is 9.89. The maximum Gasteiger partial charge on any atom is 0.185 e. The summed E-state index contributed by atoms with van der Waals surface area (Å²) in [4.78, 5) is 20.9. The first-order chi connectivity index (χ1) is 16.4. The van der Waals surface area contributed by atoms with E-state index in [4.69, 9.17) is 5.73 Å². The Morgan fingerprint density at radius 1 is 1.09 bits per heavy atom. The number of carbonyl (C=O) groups excluding carboxylic acids is 1. The van der Waals surface area contributed by atoms with Gasteiger partial charge in [0.25, 0.3) is 0 Å². The first-order valence-electron chi connectivity index (χ1n) is 10.9. The molecule has 0 unspecified atom stereocenters. The summed E-state index contributed by atoms with van der Waals surface area (Å²) in [7, 11) is -3.93. The molecule has 0 amide bonds. The molecule has 2 atom stereocenters. The number of ketones is 1. The number of halogens is 2. The molecule has 6 nitrogen and oxygen atoms in total. The molecule has 182 valence electrons. The summed E-state index contributed by atoms with van der Waals surface area (Å²) in [6.07, 6.45) is 0.814. The van der Waals surface area contributed by atoms with Gasteiger partial charge in [0.2, 0.25) is 0 Å². The Balaban J connectivity index is 1.74. The normalized spacial score (nSPS) is 23.5. The zero-order valence-electron chi connectivity index (χ0n) is 19.5. The Hall–Kier alpha value is -3.46. The molecule has 2 N–H and O–H groups in total. The molecule has 0 spiro atoms. The molecule has 2 aromatic carbocycles. The van der Waals surface area contributed by atoms with E-state index >= 15 is 4.39 Å². The number of nitrogens with two attached hydrogens (primary N) is 1. The first-order valence-corrected chi connectivity index (χ1v) is 12.6. The van der Waals surface area contributed by atoms with Crippen molar-refractivity contribution in [1.29, 1.82) is 0 Å². The first kappa shape index (κ1) is 24.7. The lowest BCUT2D eigenvalue weighted by molar-refractivity contribution is 0.0988. The number of benzene rings is 2. The summed E-state index contributed by atoms with van der Waals surface area (Å²) in [6, 6.07) is 13.5. The van der Waals surface area contributed by atoms with Crippen LogP contribution in [0.2, 0.25) is 0 Å². The summed E-state index contributed by atoms with van der Waals surface area (Å²) in [5, 5.41) is 0. The zero-order chi connectivity index (χ0) is 25.6. The topological polar surface area (TPSA) is 102 Å². The maximum absolute atomic E-state index is 15.0. The van der Waals surface area contributed by atoms with Crippen molar-refractivity contribution in [2.24, 2.45) is 10.7 Å². The molecule has 3 aromatic rings. The molecule has 2 heterocycles. The van der Waals surface area contributed by atoms with Crippen LogP contribution >= 0.6 is 0 Å². The highest BCUT2D eigenvalue weighted by atomic mass is 32.2. The van der Waals surface area contributed by atoms with Crippen molar-refractivity contribution < 1.29 is 22.0 Å². The fraction of sp³-hybridized carbons (Fsp3) is 0.269. The number of aliphatic imine (C=N–C) groups is 1. The minimum absolute atomic E-state index is 0.0210. The van der Waals surface area contributed by atoms with Gasteiger partial charge in [-0.3, -0.25) is 14.8 Å². The van der Waals surface area contributed by atoms with Gasteiger partial charge in [-0.05, 0) is 56.2 Å². The molecule has 4 rings (SSSR count). The molecule has 9 heteroatoms. The van der Waals surface area contributed by atoms with Crippen LogP contribution in [0.5, 0.6) is 0 Å². The Morgan fingerprint density at radius 3 is 2.46 bits per heavy atom. The molecule has 0 radical (unpaired) electrons. The molecule has 1 aromatic heterocycles. The van der Waals surface area contributed by atoms with E-state index in [1.807, 2.05) is 13.0 Å². The molecule has 35 heavy (non-hydrogen) atoms. The van der Waals surface area contributed by atoms with E-state index in [-0.39, 0.29) is 29.3 Å². The van der Waals surface area contributed by atoms with Crippen LogP contribution in [-0.4, -0.2) is 30.8 Å². The van der Waals surface area contributed by atoms with Crippen LogP contribution in [0.25, 0.3) is 0 Å². The molecule has 0 fully saturated rings. The van der Waals surface area contributed by atoms with Crippen LogP contribution in [0.1, 0.15) is 46.6 Å². The summed E-state index contributed by atoms with van der Waals surface area (Å²) < 4.78 is 53.8. The van der Waals surface area contributed by atoms with Crippen molar-refractivity contribution in [2.75, 3.05) is 5.75 Å². The number of hydrogen-bond acceptors (Lipinski definition) is 6. The standard InChI is InChI=1S/C26H25F2N3O3S/c1-16-5-4-6-18(11-16)26(3)24(29)31-25(2,15-35(26,33)34)20-12-17(7-9-21(20)28)13-23(32)22-10-8-19(27)14-30-22/h4-12,14H,13,15H2,1-3H3,(H2,29,31)/t25-,26+/m0/s1. The number of sulfone groups is 1. The molecule has 1 aliphatic heterocycles. The lowest BCUT2D eigenvalue weighted by Gasteiger charge is -2.40. The number of Topliss-reactive ketones (excluding diaryl/α,β-unsaturated/α-hetero) is 1. The van der Waals surface area contributed by atoms with Gasteiger partial charge >= 0.3 is 0 Å². The van der Waals surface area contributed by atoms with Crippen molar-refractivity contribution in [3.8, 4) is 0 Å². The van der Waals surface area contributed by atoms with E-state index in [0.29, 0.717) is 11.1 Å². The van der Waals surface area contributed by atoms with Crippen molar-refractivity contribution in [3.05, 3.63) is 100 Å². The third-order valence-electron chi connectivity index (χ3n) is 6.51. The van der Waals surface area contributed by atoms with Gasteiger partial charge in [-0.15, -0.1) is 0 Å². The molecule has 0 saturated heterocycles. The average molecular weight is 498 g/mol. The molecule has 0 saturated carbocycles. The van der Waals surface area contributed by atoms with Crippen molar-refractivity contribution >= 4 is 21.5 Å². The summed E-state index contributed by atoms with van der Waals surface area (Å²) >= 11 is 0. The van der Waals surface area contributed by atoms with E-state index in [1.165, 1.54) is 38.1 Å². The fourth-order valence-corrected chi connectivity index (χ4v) is 6.50. The number of hydrogen-bond donors (Lipinski definition) is 1. The quantitative estimate of drug-likeness (QED) is 0.537. The predicted molar refractivity (Wildman–Crippen MR) is 130 cm³/mol. The second-order valence-corrected chi connectivity index (χ2v) is 11.5. The smallest absolute Gasteiger partial charge is 0.185 e. The van der Waals surface area contributed by atoms with E-state index in [0.717, 1.165) is 17.8 Å². The minimum atomic E-state index is -3.93. The van der Waals surface area contributed by atoms with Crippen molar-refractivity contribution in [3.63, 3.8) is 0 Å². The Morgan fingerprint density at radius 2 is 1.83 bits per heavy atom. The number of carbonyl (C=O) groups is 1. The highest BCUT2D eigenvalue weighted by Crippen LogP contribution is 2.43. The van der Waals surface area contributed by atoms with Crippen LogP contribution in [-0.2, 0) is 26.5 Å². The van der Waals surface area contributed by atoms with Gasteiger partial charge in [0.1, 0.15) is 28.7 Å². The number of aryl methyl sites for hydroxylation is 1. The fourth-order valence-electron chi connectivity index (χ4n) is 4.40. The predicted octanol–water partition coefficient (Wildman–Crippen LogP) is 4.01. The Kier molecular flexibility index (Phi) is 6.09. The van der Waals surface area contributed by atoms with Gasteiger partial charge < -0.3 is 5.73 Å². The molecule has 0 aliphatic carbocycles. The van der Waals surface area contributed by atoms with Crippen LogP contribution in [0.4, 0.5) is 8.78 Å². The van der Waals surface area contributed by atoms with Gasteiger partial charge in [0, 0.05) is 12.0 Å². The molecule has 0 bridgehead atoms. The van der Waals surface area contributed by atoms with Gasteiger partial charge in [-0.1, -0.05) is 35.9 Å². The largest absolute Gasteiger partial charge is 0.386 e. The second kappa shape index (κ2) is 8.64. The van der Waals surface area contributed by atoms with Gasteiger partial charge in [0.05, 0.1) is 11.9 Å². The van der Waals surface area contributed by atoms with E-state index in [1.54, 1.807) is 18.2 Å². The van der Waals surface area contributed by atoms with Crippen LogP contribution in [0.15, 0.2) is 65.8 Å². The zero-order valence-corrected chi connectivity index (χ0v) is 20.4. The average Bonchev–Trinajstić information content (AvgIpc) is 2.78. The van der Waals surface area contributed by atoms with Crippen LogP contribution < -0.4 is 5.73 Å². The van der Waals surface area contributed by atoms with Crippen molar-refractivity contribution in [2.45, 2.75) is 37.5 Å². The number of nitrogens with zero attached hydrogens (tertiary/aromatic N) is 2. The Labute approximate surface area is 202 Å². The van der Waals surface area contributed by atoms with Gasteiger partial charge in [-0.25, -0.2) is 17.2 Å². The summed E-state index contributed by atoms with van der Waals surface area (Å²) in [5.41, 5.74) is 6.70. The van der Waals surface area contributed by atoms with E-state index in [2.05, 4.69) is 9.98 Å². The molecular formula is C26H25F2N3O3S. The minimum Gasteiger partial charge on any atom is -0.386 e. The number of rotatable bonds is 5. The second-order valence-electron chi connectivity index (χ2n) is 9.21. The molecule has 1 aliphatic rings. The van der Waals surface area contributed by atoms with E-state index in [9.17, 15) is 17.6 Å². The maximum atomic E-state index is 15.0. The highest BCUT2D eigenvalue weighted by molar-refractivity contribution is 7.93. The van der Waals surface area contributed by atoms with E-state index < -0.39 is 37.5 Å². The van der Waals surface area contributed by atoms with Gasteiger partial charge in [0.15, 0.2) is 20.4 Å². The third-order valence-corrected chi connectivity index (χ3v) is 9.14. The number of aromatic nitrogens is 1. The van der Waals surface area contributed by atoms with Crippen molar-refractivity contribution in [1.82, 2.24) is 4.98 Å². The number of pyridine rings is 1. The highest BCUT2D eigenvalue weighted by Gasteiger charge is 2.53. The number of amidine groups is 1. The monoisotopic (exact) mass is 497 g/mol. The summed E-state index contributed by atoms with van der Waals surface area (Å²) in [6.45, 7) is 4.87. The third kappa shape index (κ3) is 4.36. The van der Waals surface area contributed by atoms with Gasteiger partial charge in [-0.2, -0.15) is 0 Å². The van der Waals surface area contributed by atoms with Crippen LogP contribution in [0, 0.1) is 18.6 Å². The Bertz CT molecular complexity index is 1450. The molecular weight excluding hydrogens is 472 g/mol. The lowest BCUT2D eigenvalue weighted by Crippen LogP contribution is -2.54. The van der Waals surface area contributed by atoms with Crippen LogP contribution in [0.3, 0.4) is 0 Å². The summed E-state index contributed by atoms with van der Waals surface area (Å²) in [5.74, 6) is -2.22. The SMILES string of the molecule is Cc1cccc([C@]2(C)C(N)=N[C@](C)(c3cc(CC(=O)c4ccc(F)cn4)ccc3F)CS2(=O)=O)c1.